The Balaban J connectivity index is 2.02. The number of hydrogen-bond acceptors (Lipinski definition) is 3. The Morgan fingerprint density at radius 2 is 1.85 bits per heavy atom. The lowest BCUT2D eigenvalue weighted by atomic mass is 10.2. The maximum absolute atomic E-state index is 13.4. The largest absolute Gasteiger partial charge is 0.372 e. The molecule has 0 bridgehead atoms. The average Bonchev–Trinajstić information content (AvgIpc) is 2.42. The van der Waals surface area contributed by atoms with Crippen molar-refractivity contribution >= 4 is 17.3 Å². The molecule has 104 valence electrons. The van der Waals surface area contributed by atoms with Crippen molar-refractivity contribution in [2.45, 2.75) is 13.2 Å². The topological polar surface area (TPSA) is 52.4 Å². The van der Waals surface area contributed by atoms with Gasteiger partial charge in [0, 0.05) is 28.3 Å². The van der Waals surface area contributed by atoms with E-state index in [1.54, 1.807) is 18.2 Å². The van der Waals surface area contributed by atoms with Gasteiger partial charge in [-0.3, -0.25) is 10.1 Å². The number of ether oxygens (including phenoxy) is 1. The van der Waals surface area contributed by atoms with Crippen molar-refractivity contribution in [2.75, 3.05) is 0 Å². The van der Waals surface area contributed by atoms with E-state index in [2.05, 4.69) is 0 Å². The molecule has 0 aliphatic heterocycles. The van der Waals surface area contributed by atoms with E-state index in [0.717, 1.165) is 0 Å². The zero-order valence-corrected chi connectivity index (χ0v) is 11.1. The highest BCUT2D eigenvalue weighted by atomic mass is 35.5. The van der Waals surface area contributed by atoms with Gasteiger partial charge in [0.1, 0.15) is 5.82 Å². The van der Waals surface area contributed by atoms with Crippen molar-refractivity contribution < 1.29 is 14.1 Å². The Morgan fingerprint density at radius 3 is 2.55 bits per heavy atom. The van der Waals surface area contributed by atoms with Crippen molar-refractivity contribution in [3.63, 3.8) is 0 Å². The van der Waals surface area contributed by atoms with Crippen LogP contribution in [-0.4, -0.2) is 4.92 Å². The van der Waals surface area contributed by atoms with Gasteiger partial charge in [0.15, 0.2) is 0 Å². The molecule has 2 aromatic rings. The second-order valence-corrected chi connectivity index (χ2v) is 4.52. The maximum Gasteiger partial charge on any atom is 0.269 e. The molecule has 4 nitrogen and oxygen atoms in total. The number of nitrogens with zero attached hydrogens (tertiary/aromatic N) is 1. The van der Waals surface area contributed by atoms with Gasteiger partial charge in [0.25, 0.3) is 5.69 Å². The number of nitro groups is 1. The van der Waals surface area contributed by atoms with Crippen LogP contribution in [0.4, 0.5) is 10.1 Å². The van der Waals surface area contributed by atoms with Crippen LogP contribution in [0, 0.1) is 15.9 Å². The lowest BCUT2D eigenvalue weighted by molar-refractivity contribution is -0.384. The minimum Gasteiger partial charge on any atom is -0.372 e. The first-order valence-electron chi connectivity index (χ1n) is 5.82. The highest BCUT2D eigenvalue weighted by Crippen LogP contribution is 2.23. The minimum absolute atomic E-state index is 0.0566. The summed E-state index contributed by atoms with van der Waals surface area (Å²) in [6.07, 6.45) is 0. The number of halogens is 2. The zero-order valence-electron chi connectivity index (χ0n) is 10.4. The van der Waals surface area contributed by atoms with Crippen molar-refractivity contribution in [1.82, 2.24) is 0 Å². The van der Waals surface area contributed by atoms with Crippen LogP contribution in [0.2, 0.25) is 5.02 Å². The SMILES string of the molecule is O=[N+]([O-])c1ccc(Cl)c(COCc2ccccc2F)c1. The van der Waals surface area contributed by atoms with Gasteiger partial charge in [-0.15, -0.1) is 0 Å². The Hall–Kier alpha value is -1.98. The Bertz CT molecular complexity index is 634. The molecular weight excluding hydrogens is 285 g/mol. The molecule has 0 aliphatic carbocycles. The number of nitro benzene ring substituents is 1. The molecule has 0 fully saturated rings. The van der Waals surface area contributed by atoms with E-state index in [9.17, 15) is 14.5 Å². The summed E-state index contributed by atoms with van der Waals surface area (Å²) in [5.74, 6) is -0.349. The number of rotatable bonds is 5. The summed E-state index contributed by atoms with van der Waals surface area (Å²) in [6, 6.07) is 10.4. The summed E-state index contributed by atoms with van der Waals surface area (Å²) in [7, 11) is 0. The van der Waals surface area contributed by atoms with Crippen LogP contribution in [0.15, 0.2) is 42.5 Å². The first-order valence-corrected chi connectivity index (χ1v) is 6.19. The van der Waals surface area contributed by atoms with Gasteiger partial charge in [-0.1, -0.05) is 29.8 Å². The standard InChI is InChI=1S/C14H11ClFNO3/c15-13-6-5-12(17(18)19)7-11(13)9-20-8-10-3-1-2-4-14(10)16/h1-7H,8-9H2. The Kier molecular flexibility index (Phi) is 4.65. The van der Waals surface area contributed by atoms with E-state index in [-0.39, 0.29) is 24.7 Å². The van der Waals surface area contributed by atoms with Crippen LogP contribution in [0.25, 0.3) is 0 Å². The maximum atomic E-state index is 13.4. The fraction of sp³-hybridized carbons (Fsp3) is 0.143. The van der Waals surface area contributed by atoms with Crippen LogP contribution in [0.3, 0.4) is 0 Å². The third-order valence-electron chi connectivity index (χ3n) is 2.71. The summed E-state index contributed by atoms with van der Waals surface area (Å²) in [4.78, 5) is 10.2. The second-order valence-electron chi connectivity index (χ2n) is 4.12. The first kappa shape index (κ1) is 14.4. The number of non-ortho nitro benzene ring substituents is 1. The molecule has 0 unspecified atom stereocenters. The van der Waals surface area contributed by atoms with Gasteiger partial charge in [0.05, 0.1) is 18.1 Å². The van der Waals surface area contributed by atoms with E-state index in [1.807, 2.05) is 0 Å². The molecule has 0 atom stereocenters. The molecule has 0 saturated heterocycles. The quantitative estimate of drug-likeness (QED) is 0.616. The third-order valence-corrected chi connectivity index (χ3v) is 3.08. The van der Waals surface area contributed by atoms with Crippen LogP contribution in [0.1, 0.15) is 11.1 Å². The highest BCUT2D eigenvalue weighted by molar-refractivity contribution is 6.31. The molecule has 0 radical (unpaired) electrons. The zero-order chi connectivity index (χ0) is 14.5. The first-order chi connectivity index (χ1) is 9.58. The molecule has 0 heterocycles. The molecule has 2 rings (SSSR count). The molecule has 20 heavy (non-hydrogen) atoms. The molecule has 2 aromatic carbocycles. The lowest BCUT2D eigenvalue weighted by Gasteiger charge is -2.07. The van der Waals surface area contributed by atoms with Gasteiger partial charge in [0.2, 0.25) is 0 Å². The highest BCUT2D eigenvalue weighted by Gasteiger charge is 2.10. The normalized spacial score (nSPS) is 10.5. The average molecular weight is 296 g/mol. The summed E-state index contributed by atoms with van der Waals surface area (Å²) >= 11 is 5.94. The van der Waals surface area contributed by atoms with Crippen LogP contribution >= 0.6 is 11.6 Å². The monoisotopic (exact) mass is 295 g/mol. The second kappa shape index (κ2) is 6.45. The third kappa shape index (κ3) is 3.53. The number of hydrogen-bond donors (Lipinski definition) is 0. The Labute approximate surface area is 119 Å². The van der Waals surface area contributed by atoms with Gasteiger partial charge in [-0.2, -0.15) is 0 Å². The van der Waals surface area contributed by atoms with E-state index in [1.165, 1.54) is 24.3 Å². The number of benzene rings is 2. The fourth-order valence-corrected chi connectivity index (χ4v) is 1.84. The molecule has 0 spiro atoms. The van der Waals surface area contributed by atoms with Crippen LogP contribution in [-0.2, 0) is 18.0 Å². The van der Waals surface area contributed by atoms with Crippen molar-refractivity contribution in [3.05, 3.63) is 74.5 Å². The Morgan fingerprint density at radius 1 is 1.15 bits per heavy atom. The summed E-state index contributed by atoms with van der Waals surface area (Å²) < 4.78 is 18.7. The predicted octanol–water partition coefficient (Wildman–Crippen LogP) is 4.10. The summed E-state index contributed by atoms with van der Waals surface area (Å²) in [6.45, 7) is 0.153. The lowest BCUT2D eigenvalue weighted by Crippen LogP contribution is -1.98. The smallest absolute Gasteiger partial charge is 0.269 e. The van der Waals surface area contributed by atoms with Crippen molar-refractivity contribution in [2.24, 2.45) is 0 Å². The molecule has 0 saturated carbocycles. The van der Waals surface area contributed by atoms with E-state index in [0.29, 0.717) is 16.1 Å². The molecule has 0 N–H and O–H groups in total. The molecule has 0 amide bonds. The van der Waals surface area contributed by atoms with Gasteiger partial charge >= 0.3 is 0 Å². The predicted molar refractivity (Wildman–Crippen MR) is 73.0 cm³/mol. The molecular formula is C14H11ClFNO3. The van der Waals surface area contributed by atoms with Gasteiger partial charge in [-0.25, -0.2) is 4.39 Å². The summed E-state index contributed by atoms with van der Waals surface area (Å²) in [5.41, 5.74) is 0.866. The summed E-state index contributed by atoms with van der Waals surface area (Å²) in [5, 5.41) is 11.1. The molecule has 0 aromatic heterocycles. The minimum atomic E-state index is -0.503. The fourth-order valence-electron chi connectivity index (χ4n) is 1.67. The van der Waals surface area contributed by atoms with Gasteiger partial charge in [-0.05, 0) is 12.1 Å². The molecule has 6 heteroatoms. The van der Waals surface area contributed by atoms with E-state index < -0.39 is 4.92 Å². The van der Waals surface area contributed by atoms with E-state index in [4.69, 9.17) is 16.3 Å². The van der Waals surface area contributed by atoms with Crippen LogP contribution < -0.4 is 0 Å². The molecule has 0 aliphatic rings. The van der Waals surface area contributed by atoms with E-state index >= 15 is 0 Å². The van der Waals surface area contributed by atoms with Crippen molar-refractivity contribution in [1.29, 1.82) is 0 Å². The van der Waals surface area contributed by atoms with Gasteiger partial charge < -0.3 is 4.74 Å². The van der Waals surface area contributed by atoms with Crippen LogP contribution in [0.5, 0.6) is 0 Å². The van der Waals surface area contributed by atoms with Crippen molar-refractivity contribution in [3.8, 4) is 0 Å².